The van der Waals surface area contributed by atoms with Crippen LogP contribution in [0.25, 0.3) is 11.1 Å². The molecule has 0 saturated heterocycles. The maximum atomic E-state index is 12.8. The minimum absolute atomic E-state index is 0.130. The van der Waals surface area contributed by atoms with Gasteiger partial charge >= 0.3 is 6.18 Å². The van der Waals surface area contributed by atoms with Crippen LogP contribution in [0.2, 0.25) is 0 Å². The molecule has 1 N–H and O–H groups in total. The summed E-state index contributed by atoms with van der Waals surface area (Å²) in [5, 5.41) is 9.23. The van der Waals surface area contributed by atoms with Gasteiger partial charge in [0.15, 0.2) is 0 Å². The van der Waals surface area contributed by atoms with E-state index in [-0.39, 0.29) is 11.3 Å². The van der Waals surface area contributed by atoms with Crippen LogP contribution >= 0.6 is 0 Å². The summed E-state index contributed by atoms with van der Waals surface area (Å²) >= 11 is 0. The van der Waals surface area contributed by atoms with Crippen molar-refractivity contribution >= 4 is 0 Å². The van der Waals surface area contributed by atoms with E-state index in [1.807, 2.05) is 0 Å². The average molecular weight is 266 g/mol. The minimum Gasteiger partial charge on any atom is -0.508 e. The van der Waals surface area contributed by atoms with Crippen LogP contribution in [0.15, 0.2) is 36.4 Å². The summed E-state index contributed by atoms with van der Waals surface area (Å²) in [7, 11) is 0. The Balaban J connectivity index is 2.56. The van der Waals surface area contributed by atoms with E-state index in [9.17, 15) is 18.3 Å². The molecule has 1 nitrogen and oxygen atoms in total. The summed E-state index contributed by atoms with van der Waals surface area (Å²) in [4.78, 5) is 0. The Bertz CT molecular complexity index is 598. The fourth-order valence-corrected chi connectivity index (χ4v) is 2.08. The number of aromatic hydroxyl groups is 1. The zero-order chi connectivity index (χ0) is 14.2. The number of phenolic OH excluding ortho intramolecular Hbond substituents is 1. The standard InChI is InChI=1S/C15H13F3O/c1-9-10(2)14(15(16,17)18)8-7-13(9)11-3-5-12(19)6-4-11/h3-8,19H,1-2H3. The lowest BCUT2D eigenvalue weighted by Crippen LogP contribution is -2.08. The molecule has 0 radical (unpaired) electrons. The monoisotopic (exact) mass is 266 g/mol. The highest BCUT2D eigenvalue weighted by Gasteiger charge is 2.33. The molecule has 0 unspecified atom stereocenters. The largest absolute Gasteiger partial charge is 0.508 e. The number of alkyl halides is 3. The first-order valence-electron chi connectivity index (χ1n) is 5.77. The molecule has 0 aliphatic rings. The third-order valence-electron chi connectivity index (χ3n) is 3.27. The topological polar surface area (TPSA) is 20.2 Å². The lowest BCUT2D eigenvalue weighted by atomic mass is 9.93. The highest BCUT2D eigenvalue weighted by molar-refractivity contribution is 5.70. The van der Waals surface area contributed by atoms with Crippen LogP contribution < -0.4 is 0 Å². The molecule has 0 fully saturated rings. The third kappa shape index (κ3) is 2.57. The second-order valence-corrected chi connectivity index (χ2v) is 4.46. The summed E-state index contributed by atoms with van der Waals surface area (Å²) in [6.07, 6.45) is -4.33. The van der Waals surface area contributed by atoms with Crippen LogP contribution in [0.4, 0.5) is 13.2 Å². The van der Waals surface area contributed by atoms with Crippen LogP contribution in [0.1, 0.15) is 16.7 Å². The van der Waals surface area contributed by atoms with E-state index in [0.717, 1.165) is 17.2 Å². The Morgan fingerprint density at radius 2 is 1.42 bits per heavy atom. The van der Waals surface area contributed by atoms with Crippen LogP contribution in [-0.4, -0.2) is 5.11 Å². The van der Waals surface area contributed by atoms with Crippen LogP contribution in [0, 0.1) is 13.8 Å². The van der Waals surface area contributed by atoms with Gasteiger partial charge in [-0.15, -0.1) is 0 Å². The normalized spacial score (nSPS) is 11.6. The molecular formula is C15H13F3O. The highest BCUT2D eigenvalue weighted by Crippen LogP contribution is 2.36. The number of halogens is 3. The third-order valence-corrected chi connectivity index (χ3v) is 3.27. The first-order valence-corrected chi connectivity index (χ1v) is 5.77. The van der Waals surface area contributed by atoms with E-state index in [4.69, 9.17) is 0 Å². The van der Waals surface area contributed by atoms with Crippen molar-refractivity contribution in [2.45, 2.75) is 20.0 Å². The van der Waals surface area contributed by atoms with Gasteiger partial charge < -0.3 is 5.11 Å². The quantitative estimate of drug-likeness (QED) is 0.793. The van der Waals surface area contributed by atoms with Crippen molar-refractivity contribution in [1.82, 2.24) is 0 Å². The van der Waals surface area contributed by atoms with Gasteiger partial charge in [0.25, 0.3) is 0 Å². The molecule has 0 aliphatic heterocycles. The van der Waals surface area contributed by atoms with Gasteiger partial charge in [-0.05, 0) is 54.3 Å². The molecule has 2 aromatic carbocycles. The first-order chi connectivity index (χ1) is 8.80. The van der Waals surface area contributed by atoms with E-state index in [1.54, 1.807) is 19.1 Å². The Morgan fingerprint density at radius 3 is 1.95 bits per heavy atom. The van der Waals surface area contributed by atoms with E-state index < -0.39 is 11.7 Å². The molecule has 0 aliphatic carbocycles. The van der Waals surface area contributed by atoms with Crippen molar-refractivity contribution in [2.24, 2.45) is 0 Å². The molecule has 100 valence electrons. The molecule has 4 heteroatoms. The molecular weight excluding hydrogens is 253 g/mol. The molecule has 0 heterocycles. The predicted octanol–water partition coefficient (Wildman–Crippen LogP) is 4.69. The number of hydrogen-bond donors (Lipinski definition) is 1. The summed E-state index contributed by atoms with van der Waals surface area (Å²) in [6, 6.07) is 8.97. The van der Waals surface area contributed by atoms with E-state index >= 15 is 0 Å². The van der Waals surface area contributed by atoms with Crippen molar-refractivity contribution in [2.75, 3.05) is 0 Å². The Labute approximate surface area is 109 Å². The number of rotatable bonds is 1. The molecule has 2 aromatic rings. The number of hydrogen-bond acceptors (Lipinski definition) is 1. The maximum Gasteiger partial charge on any atom is 0.416 e. The molecule has 0 bridgehead atoms. The zero-order valence-electron chi connectivity index (χ0n) is 10.5. The van der Waals surface area contributed by atoms with Crippen molar-refractivity contribution in [1.29, 1.82) is 0 Å². The zero-order valence-corrected chi connectivity index (χ0v) is 10.5. The average Bonchev–Trinajstić information content (AvgIpc) is 2.32. The molecule has 0 saturated carbocycles. The van der Waals surface area contributed by atoms with Gasteiger partial charge in [-0.25, -0.2) is 0 Å². The SMILES string of the molecule is Cc1c(-c2ccc(O)cc2)ccc(C(F)(F)F)c1C. The van der Waals surface area contributed by atoms with Crippen molar-refractivity contribution in [3.63, 3.8) is 0 Å². The first kappa shape index (κ1) is 13.5. The summed E-state index contributed by atoms with van der Waals surface area (Å²) in [6.45, 7) is 3.15. The number of benzene rings is 2. The van der Waals surface area contributed by atoms with E-state index in [0.29, 0.717) is 5.56 Å². The summed E-state index contributed by atoms with van der Waals surface area (Å²) in [5.41, 5.74) is 1.75. The van der Waals surface area contributed by atoms with Gasteiger partial charge in [0, 0.05) is 0 Å². The maximum absolute atomic E-state index is 12.8. The van der Waals surface area contributed by atoms with Gasteiger partial charge in [-0.2, -0.15) is 13.2 Å². The smallest absolute Gasteiger partial charge is 0.416 e. The minimum atomic E-state index is -4.33. The molecule has 2 rings (SSSR count). The van der Waals surface area contributed by atoms with Gasteiger partial charge in [-0.3, -0.25) is 0 Å². The molecule has 0 aromatic heterocycles. The lowest BCUT2D eigenvalue weighted by Gasteiger charge is -2.15. The molecule has 19 heavy (non-hydrogen) atoms. The van der Waals surface area contributed by atoms with Gasteiger partial charge in [0.1, 0.15) is 5.75 Å². The van der Waals surface area contributed by atoms with Gasteiger partial charge in [-0.1, -0.05) is 18.2 Å². The Morgan fingerprint density at radius 1 is 0.842 bits per heavy atom. The van der Waals surface area contributed by atoms with E-state index in [1.165, 1.54) is 25.1 Å². The fraction of sp³-hybridized carbons (Fsp3) is 0.200. The second kappa shape index (κ2) is 4.61. The predicted molar refractivity (Wildman–Crippen MR) is 68.0 cm³/mol. The summed E-state index contributed by atoms with van der Waals surface area (Å²) in [5.74, 6) is 0.130. The molecule has 0 amide bonds. The van der Waals surface area contributed by atoms with Crippen molar-refractivity contribution < 1.29 is 18.3 Å². The van der Waals surface area contributed by atoms with Crippen LogP contribution in [0.5, 0.6) is 5.75 Å². The molecule has 0 spiro atoms. The van der Waals surface area contributed by atoms with Crippen molar-refractivity contribution in [3.05, 3.63) is 53.1 Å². The lowest BCUT2D eigenvalue weighted by molar-refractivity contribution is -0.138. The Hall–Kier alpha value is -1.97. The summed E-state index contributed by atoms with van der Waals surface area (Å²) < 4.78 is 38.3. The van der Waals surface area contributed by atoms with E-state index in [2.05, 4.69) is 0 Å². The van der Waals surface area contributed by atoms with Crippen LogP contribution in [-0.2, 0) is 6.18 Å². The fourth-order valence-electron chi connectivity index (χ4n) is 2.08. The van der Waals surface area contributed by atoms with Crippen LogP contribution in [0.3, 0.4) is 0 Å². The van der Waals surface area contributed by atoms with Gasteiger partial charge in [0.05, 0.1) is 5.56 Å². The highest BCUT2D eigenvalue weighted by atomic mass is 19.4. The van der Waals surface area contributed by atoms with Crippen molar-refractivity contribution in [3.8, 4) is 16.9 Å². The van der Waals surface area contributed by atoms with Gasteiger partial charge in [0.2, 0.25) is 0 Å². The molecule has 0 atom stereocenters. The Kier molecular flexibility index (Phi) is 3.27. The second-order valence-electron chi connectivity index (χ2n) is 4.46. The number of phenols is 1.